The Morgan fingerprint density at radius 1 is 0.314 bits per heavy atom. The first kappa shape index (κ1) is 94.0. The van der Waals surface area contributed by atoms with Crippen LogP contribution < -0.4 is 36.6 Å². The van der Waals surface area contributed by atoms with Gasteiger partial charge in [0.05, 0.1) is 65.1 Å². The Morgan fingerprint density at radius 3 is 0.943 bits per heavy atom. The van der Waals surface area contributed by atoms with Gasteiger partial charge in [0.15, 0.2) is 33.1 Å². The zero-order valence-electron chi connectivity index (χ0n) is 76.8. The first-order chi connectivity index (χ1) is 68.2. The summed E-state index contributed by atoms with van der Waals surface area (Å²) < 4.78 is 55.3. The second-order valence-corrected chi connectivity index (χ2v) is 36.6. The molecule has 20 aromatic rings. The molecule has 29 heteroatoms. The minimum absolute atomic E-state index is 0.136. The van der Waals surface area contributed by atoms with E-state index in [2.05, 4.69) is 193 Å². The van der Waals surface area contributed by atoms with Gasteiger partial charge in [-0.25, -0.2) is 21.6 Å². The number of ether oxygens (including phenoxy) is 1. The lowest BCUT2D eigenvalue weighted by Gasteiger charge is -2.15. The number of nitrogens with zero attached hydrogens (tertiary/aromatic N) is 13. The molecule has 0 spiro atoms. The third kappa shape index (κ3) is 23.6. The van der Waals surface area contributed by atoms with Gasteiger partial charge in [-0.05, 0) is 111 Å². The van der Waals surface area contributed by atoms with Gasteiger partial charge in [0.1, 0.15) is 22.8 Å². The van der Waals surface area contributed by atoms with Gasteiger partial charge in [0.25, 0.3) is 0 Å². The summed E-state index contributed by atoms with van der Waals surface area (Å²) in [6.45, 7) is 7.40. The second-order valence-electron chi connectivity index (χ2n) is 32.9. The summed E-state index contributed by atoms with van der Waals surface area (Å²) in [5.41, 5.74) is 19.5. The van der Waals surface area contributed by atoms with E-state index in [1.807, 2.05) is 224 Å². The largest absolute Gasteiger partial charge is 0.447 e. The molecule has 11 aromatic carbocycles. The molecule has 7 N–H and O–H groups in total. The molecule has 9 aromatic heterocycles. The summed E-state index contributed by atoms with van der Waals surface area (Å²) >= 11 is 0. The number of rotatable bonds is 26. The van der Waals surface area contributed by atoms with Crippen LogP contribution in [0.3, 0.4) is 0 Å². The molecule has 0 saturated carbocycles. The number of aromatic nitrogens is 13. The lowest BCUT2D eigenvalue weighted by Crippen LogP contribution is -2.18. The third-order valence-electron chi connectivity index (χ3n) is 22.3. The van der Waals surface area contributed by atoms with Crippen LogP contribution in [0.15, 0.2) is 388 Å². The van der Waals surface area contributed by atoms with Crippen molar-refractivity contribution in [3.8, 4) is 89.5 Å². The van der Waals surface area contributed by atoms with Crippen molar-refractivity contribution in [2.75, 3.05) is 49.1 Å². The normalized spacial score (nSPS) is 11.1. The predicted octanol–water partition coefficient (Wildman–Crippen LogP) is 23.0. The molecule has 0 aliphatic carbocycles. The number of benzene rings is 11. The van der Waals surface area contributed by atoms with Crippen LogP contribution in [0.4, 0.5) is 45.1 Å². The Labute approximate surface area is 809 Å². The van der Waals surface area contributed by atoms with E-state index in [-0.39, 0.29) is 16.9 Å². The summed E-state index contributed by atoms with van der Waals surface area (Å²) in [7, 11) is -6.85. The topological polar surface area (TPSA) is 363 Å². The van der Waals surface area contributed by atoms with E-state index in [9.17, 15) is 26.4 Å². The van der Waals surface area contributed by atoms with Crippen LogP contribution in [-0.2, 0) is 55.6 Å². The number of nitrogens with one attached hydrogen (secondary N) is 7. The number of sulfone groups is 1. The zero-order chi connectivity index (χ0) is 96.7. The van der Waals surface area contributed by atoms with Gasteiger partial charge in [-0.2, -0.15) is 0 Å². The molecule has 0 aliphatic heterocycles. The van der Waals surface area contributed by atoms with Crippen molar-refractivity contribution in [2.45, 2.75) is 57.9 Å². The Hall–Kier alpha value is -17.8. The highest BCUT2D eigenvalue weighted by molar-refractivity contribution is 7.92. The molecule has 0 fully saturated rings. The van der Waals surface area contributed by atoms with Gasteiger partial charge in [-0.3, -0.25) is 39.8 Å². The van der Waals surface area contributed by atoms with Gasteiger partial charge in [-0.15, -0.1) is 40.8 Å². The van der Waals surface area contributed by atoms with E-state index in [0.717, 1.165) is 134 Å². The summed E-state index contributed by atoms with van der Waals surface area (Å²) in [4.78, 5) is 45.2. The first-order valence-corrected chi connectivity index (χ1v) is 48.7. The molecule has 0 radical (unpaired) electrons. The molecule has 0 bridgehead atoms. The maximum atomic E-state index is 12.1. The molecule has 20 rings (SSSR count). The maximum absolute atomic E-state index is 12.1. The molecule has 692 valence electrons. The van der Waals surface area contributed by atoms with Crippen molar-refractivity contribution in [1.29, 1.82) is 0 Å². The number of hydrogen-bond donors (Lipinski definition) is 7. The molecule has 0 unspecified atom stereocenters. The molecule has 2 amide bonds. The van der Waals surface area contributed by atoms with Crippen LogP contribution in [0, 0.1) is 0 Å². The fraction of sp³-hybridized carbons (Fsp3) is 0.0901. The number of anilines is 7. The monoisotopic (exact) mass is 1880 g/mol. The summed E-state index contributed by atoms with van der Waals surface area (Å²) in [6, 6.07) is 108. The third-order valence-corrected chi connectivity index (χ3v) is 24.0. The van der Waals surface area contributed by atoms with Crippen LogP contribution in [0.25, 0.3) is 133 Å². The van der Waals surface area contributed by atoms with Gasteiger partial charge < -0.3 is 31.3 Å². The number of amides is 2. The summed E-state index contributed by atoms with van der Waals surface area (Å²) in [6.07, 6.45) is 16.0. The minimum Gasteiger partial charge on any atom is -0.447 e. The molecule has 0 aliphatic rings. The van der Waals surface area contributed by atoms with Gasteiger partial charge >= 0.3 is 6.09 Å². The summed E-state index contributed by atoms with van der Waals surface area (Å²) in [5, 5.41) is 63.2. The van der Waals surface area contributed by atoms with E-state index in [4.69, 9.17) is 4.74 Å². The van der Waals surface area contributed by atoms with Crippen molar-refractivity contribution in [3.05, 3.63) is 406 Å². The Kier molecular flexibility index (Phi) is 29.6. The van der Waals surface area contributed by atoms with Crippen molar-refractivity contribution in [1.82, 2.24) is 65.7 Å². The lowest BCUT2D eigenvalue weighted by atomic mass is 9.96. The number of carbonyl (C=O) groups excluding carboxylic acids is 2. The Bertz CT molecular complexity index is 8030. The van der Waals surface area contributed by atoms with E-state index < -0.39 is 26.0 Å². The number of sulfonamides is 1. The van der Waals surface area contributed by atoms with Crippen molar-refractivity contribution >= 4 is 115 Å². The second kappa shape index (κ2) is 44.1. The van der Waals surface area contributed by atoms with Crippen molar-refractivity contribution in [2.24, 2.45) is 0 Å². The van der Waals surface area contributed by atoms with Crippen LogP contribution >= 0.6 is 0 Å². The Balaban J connectivity index is 0.000000129. The van der Waals surface area contributed by atoms with Crippen molar-refractivity contribution < 1.29 is 31.2 Å². The highest BCUT2D eigenvalue weighted by atomic mass is 32.2. The number of hydrogen-bond acceptors (Lipinski definition) is 24. The molecule has 0 saturated heterocycles. The molecule has 140 heavy (non-hydrogen) atoms. The minimum atomic E-state index is -3.44. The SMILES string of the molecule is CC(=O)Nc1cncc(-c2nnc(NCc3ccccc3)c3c(-c4ccccc4)cccc23)c1.CC(C)OC(=O)Nc1cncc(-c2nnc(NCc3ccccc3)c3c(-c4ccccc4)cccc23)c1.CS(=O)(=O)Nc1cncc(-c2nnc(NCc3ccccc3)c3c(-c4ccccc4)cccc23)c1.CS(=O)(=O)c1cncc(-c2nnc(NCc3ccccn3)c3c(-c4ccccc4)cccc23)c1. The molecular weight excluding hydrogens is 1790 g/mol. The van der Waals surface area contributed by atoms with Crippen LogP contribution in [0.2, 0.25) is 0 Å². The molecule has 9 heterocycles. The maximum Gasteiger partial charge on any atom is 0.411 e. The highest BCUT2D eigenvalue weighted by Crippen LogP contribution is 2.43. The molecule has 27 nitrogen and oxygen atoms in total. The van der Waals surface area contributed by atoms with E-state index >= 15 is 0 Å². The van der Waals surface area contributed by atoms with E-state index in [0.29, 0.717) is 100 Å². The van der Waals surface area contributed by atoms with Gasteiger partial charge in [-0.1, -0.05) is 291 Å². The smallest absolute Gasteiger partial charge is 0.411 e. The number of fused-ring (bicyclic) bond motifs is 4. The quantitative estimate of drug-likeness (QED) is 0.0265. The average Bonchev–Trinajstić information content (AvgIpc) is 0.771. The van der Waals surface area contributed by atoms with E-state index in [1.165, 1.54) is 19.3 Å². The lowest BCUT2D eigenvalue weighted by molar-refractivity contribution is -0.114. The number of pyridine rings is 5. The molecular formula is C111H94N20O7S2. The number of carbonyl (C=O) groups is 2. The standard InChI is InChI=1S/C30H27N5O2.C28H23N5O.C27H23N5O2S.C26H21N5O2S/c1-20(2)37-30(36)33-24-16-23(18-31-19-24)28-26-15-9-14-25(22-12-7-4-8-13-22)27(26)29(35-34-28)32-17-21-10-5-3-6-11-21;1-19(34)31-23-15-22(17-29-18-23)27-25-14-8-13-24(21-11-6-3-7-12-21)26(25)28(33-32-27)30-16-20-9-4-2-5-10-20;1-35(33,34)32-22-15-21(17-28-18-22)26-24-14-8-13-23(20-11-6-3-7-12-20)25(24)27(31-30-26)29-16-19-9-4-2-5-10-19;1-34(32,33)21-14-19(15-27-17-21)25-23-12-7-11-22(18-8-3-2-4-9-18)24(23)26(31-30-25)29-16-20-10-5-6-13-28-20/h3-16,18-20H,17H2,1-2H3,(H,32,35)(H,33,36);2-15,17-18H,16H2,1H3,(H,30,33)(H,31,34);2-15,17-18,32H,16H2,1H3,(H,29,31);2-15,17H,16H2,1H3,(H,29,31). The average molecular weight is 1880 g/mol. The first-order valence-electron chi connectivity index (χ1n) is 44.9. The van der Waals surface area contributed by atoms with Crippen LogP contribution in [0.5, 0.6) is 0 Å². The van der Waals surface area contributed by atoms with Crippen LogP contribution in [0.1, 0.15) is 43.2 Å². The fourth-order valence-electron chi connectivity index (χ4n) is 16.1. The van der Waals surface area contributed by atoms with Crippen molar-refractivity contribution in [3.63, 3.8) is 0 Å². The zero-order valence-corrected chi connectivity index (χ0v) is 78.4. The van der Waals surface area contributed by atoms with Crippen LogP contribution in [-0.4, -0.2) is 113 Å². The van der Waals surface area contributed by atoms with E-state index in [1.54, 1.807) is 69.4 Å². The van der Waals surface area contributed by atoms with Gasteiger partial charge in [0, 0.05) is 135 Å². The Morgan fingerprint density at radius 2 is 0.621 bits per heavy atom. The highest BCUT2D eigenvalue weighted by Gasteiger charge is 2.24. The molecule has 0 atom stereocenters. The predicted molar refractivity (Wildman–Crippen MR) is 557 cm³/mol. The summed E-state index contributed by atoms with van der Waals surface area (Å²) in [5.74, 6) is 2.56. The fourth-order valence-corrected chi connectivity index (χ4v) is 17.2. The van der Waals surface area contributed by atoms with Gasteiger partial charge in [0.2, 0.25) is 15.9 Å².